The Morgan fingerprint density at radius 1 is 1.04 bits per heavy atom. The Morgan fingerprint density at radius 3 is 2.61 bits per heavy atom. The number of carbonyl (C=O) groups excluding carboxylic acids is 1. The number of nitrogen functional groups attached to an aromatic ring is 1. The van der Waals surface area contributed by atoms with Crippen molar-refractivity contribution < 1.29 is 9.90 Å². The van der Waals surface area contributed by atoms with Gasteiger partial charge in [-0.1, -0.05) is 54.6 Å². The van der Waals surface area contributed by atoms with Gasteiger partial charge in [0.2, 0.25) is 0 Å². The molecule has 0 spiro atoms. The number of nitrogens with one attached hydrogen (secondary N) is 1. The molecule has 0 aliphatic carbocycles. The minimum absolute atomic E-state index is 0.205. The van der Waals surface area contributed by atoms with E-state index in [1.165, 1.54) is 4.90 Å². The molecule has 1 atom stereocenters. The molecule has 2 heterocycles. The lowest BCUT2D eigenvalue weighted by Gasteiger charge is -2.35. The number of rotatable bonds is 3. The summed E-state index contributed by atoms with van der Waals surface area (Å²) in [6, 6.07) is 22.2. The van der Waals surface area contributed by atoms with Crippen molar-refractivity contribution in [2.24, 2.45) is 0 Å². The fraction of sp³-hybridized carbons (Fsp3) is 0.0909. The number of hydrogen-bond donors (Lipinski definition) is 3. The van der Waals surface area contributed by atoms with Crippen molar-refractivity contribution in [1.29, 1.82) is 0 Å². The topological polar surface area (TPSA) is 95.2 Å². The molecule has 28 heavy (non-hydrogen) atoms. The summed E-state index contributed by atoms with van der Waals surface area (Å²) < 4.78 is 0. The molecule has 1 aliphatic rings. The van der Waals surface area contributed by atoms with Gasteiger partial charge in [0.1, 0.15) is 0 Å². The van der Waals surface area contributed by atoms with Crippen LogP contribution in [-0.2, 0) is 12.3 Å². The third-order valence-corrected chi connectivity index (χ3v) is 5.26. The van der Waals surface area contributed by atoms with E-state index in [0.29, 0.717) is 28.2 Å². The molecule has 1 amide bonds. The first kappa shape index (κ1) is 16.5. The van der Waals surface area contributed by atoms with Gasteiger partial charge in [-0.15, -0.1) is 0 Å². The molecule has 0 radical (unpaired) electrons. The third kappa shape index (κ3) is 2.32. The Morgan fingerprint density at radius 2 is 1.79 bits per heavy atom. The standard InChI is InChI=1S/C22H18N4O2/c23-21-24-18-11-10-15(12-19(18)25-21)22(28)17-9-5-4-8-16(17)20(27)26(22)13-14-6-2-1-3-7-14/h1-12,28H,13H2,(H3,23,24,25). The Hall–Kier alpha value is -3.64. The van der Waals surface area contributed by atoms with Crippen LogP contribution >= 0.6 is 0 Å². The maximum atomic E-state index is 13.2. The van der Waals surface area contributed by atoms with Crippen LogP contribution in [0.4, 0.5) is 5.95 Å². The van der Waals surface area contributed by atoms with E-state index in [1.807, 2.05) is 42.5 Å². The zero-order chi connectivity index (χ0) is 19.3. The van der Waals surface area contributed by atoms with Crippen LogP contribution < -0.4 is 5.73 Å². The molecule has 0 saturated heterocycles. The van der Waals surface area contributed by atoms with Crippen molar-refractivity contribution >= 4 is 22.9 Å². The van der Waals surface area contributed by atoms with E-state index in [1.54, 1.807) is 30.3 Å². The number of carbonyl (C=O) groups is 1. The van der Waals surface area contributed by atoms with Crippen molar-refractivity contribution in [3.63, 3.8) is 0 Å². The Bertz CT molecular complexity index is 1200. The van der Waals surface area contributed by atoms with Gasteiger partial charge in [-0.25, -0.2) is 4.98 Å². The second-order valence-electron chi connectivity index (χ2n) is 6.95. The molecule has 4 aromatic rings. The first-order chi connectivity index (χ1) is 13.6. The van der Waals surface area contributed by atoms with Gasteiger partial charge in [0.15, 0.2) is 11.7 Å². The van der Waals surface area contributed by atoms with Crippen LogP contribution in [0.3, 0.4) is 0 Å². The van der Waals surface area contributed by atoms with Crippen molar-refractivity contribution in [3.8, 4) is 0 Å². The molecule has 4 N–H and O–H groups in total. The van der Waals surface area contributed by atoms with Gasteiger partial charge in [0, 0.05) is 23.2 Å². The van der Waals surface area contributed by atoms with Crippen molar-refractivity contribution in [1.82, 2.24) is 14.9 Å². The zero-order valence-electron chi connectivity index (χ0n) is 15.0. The average Bonchev–Trinajstić information content (AvgIpc) is 3.19. The van der Waals surface area contributed by atoms with Crippen LogP contribution in [0.1, 0.15) is 27.0 Å². The predicted octanol–water partition coefficient (Wildman–Crippen LogP) is 2.99. The van der Waals surface area contributed by atoms with Crippen molar-refractivity contribution in [3.05, 3.63) is 95.1 Å². The highest BCUT2D eigenvalue weighted by Crippen LogP contribution is 2.43. The van der Waals surface area contributed by atoms with E-state index in [0.717, 1.165) is 11.1 Å². The summed E-state index contributed by atoms with van der Waals surface area (Å²) >= 11 is 0. The highest BCUT2D eigenvalue weighted by molar-refractivity contribution is 6.00. The highest BCUT2D eigenvalue weighted by atomic mass is 16.3. The van der Waals surface area contributed by atoms with Crippen LogP contribution in [0.15, 0.2) is 72.8 Å². The Balaban J connectivity index is 1.70. The summed E-state index contributed by atoms with van der Waals surface area (Å²) in [5, 5.41) is 11.9. The van der Waals surface area contributed by atoms with Gasteiger partial charge >= 0.3 is 0 Å². The van der Waals surface area contributed by atoms with Crippen LogP contribution in [0.2, 0.25) is 0 Å². The lowest BCUT2D eigenvalue weighted by Crippen LogP contribution is -2.44. The second-order valence-corrected chi connectivity index (χ2v) is 6.95. The normalized spacial score (nSPS) is 18.6. The number of H-pyrrole nitrogens is 1. The number of fused-ring (bicyclic) bond motifs is 2. The number of hydrogen-bond acceptors (Lipinski definition) is 4. The SMILES string of the molecule is Nc1nc2cc(C3(O)c4ccccc4C(=O)N3Cc3ccccc3)ccc2[nH]1. The fourth-order valence-corrected chi connectivity index (χ4v) is 3.92. The zero-order valence-corrected chi connectivity index (χ0v) is 15.0. The Kier molecular flexibility index (Phi) is 3.50. The molecule has 6 nitrogen and oxygen atoms in total. The van der Waals surface area contributed by atoms with E-state index in [4.69, 9.17) is 5.73 Å². The van der Waals surface area contributed by atoms with Crippen molar-refractivity contribution in [2.45, 2.75) is 12.3 Å². The fourth-order valence-electron chi connectivity index (χ4n) is 3.92. The molecule has 0 bridgehead atoms. The van der Waals surface area contributed by atoms with Crippen LogP contribution in [-0.4, -0.2) is 25.9 Å². The summed E-state index contributed by atoms with van der Waals surface area (Å²) in [5.41, 5.74) is 8.16. The molecule has 6 heteroatoms. The minimum atomic E-state index is -1.59. The average molecular weight is 370 g/mol. The summed E-state index contributed by atoms with van der Waals surface area (Å²) in [4.78, 5) is 21.9. The molecule has 138 valence electrons. The Labute approximate surface area is 161 Å². The number of aromatic nitrogens is 2. The van der Waals surface area contributed by atoms with E-state index in [2.05, 4.69) is 9.97 Å². The van der Waals surface area contributed by atoms with Crippen LogP contribution in [0.5, 0.6) is 0 Å². The smallest absolute Gasteiger partial charge is 0.257 e. The number of nitrogens with two attached hydrogens (primary N) is 1. The third-order valence-electron chi connectivity index (χ3n) is 5.26. The summed E-state index contributed by atoms with van der Waals surface area (Å²) in [7, 11) is 0. The van der Waals surface area contributed by atoms with Gasteiger partial charge in [0.05, 0.1) is 11.0 Å². The second kappa shape index (κ2) is 5.94. The largest absolute Gasteiger partial charge is 0.369 e. The quantitative estimate of drug-likeness (QED) is 0.517. The van der Waals surface area contributed by atoms with E-state index < -0.39 is 5.72 Å². The molecule has 3 aromatic carbocycles. The molecule has 0 fully saturated rings. The predicted molar refractivity (Wildman–Crippen MR) is 106 cm³/mol. The highest BCUT2D eigenvalue weighted by Gasteiger charge is 2.49. The van der Waals surface area contributed by atoms with Gasteiger partial charge < -0.3 is 15.8 Å². The van der Waals surface area contributed by atoms with Gasteiger partial charge in [-0.2, -0.15) is 0 Å². The summed E-state index contributed by atoms with van der Waals surface area (Å²) in [5.74, 6) is 0.103. The first-order valence-electron chi connectivity index (χ1n) is 9.01. The van der Waals surface area contributed by atoms with E-state index in [-0.39, 0.29) is 12.5 Å². The number of anilines is 1. The van der Waals surface area contributed by atoms with Gasteiger partial charge in [-0.3, -0.25) is 9.69 Å². The lowest BCUT2D eigenvalue weighted by atomic mass is 9.93. The first-order valence-corrected chi connectivity index (χ1v) is 9.01. The minimum Gasteiger partial charge on any atom is -0.369 e. The molecule has 0 saturated carbocycles. The van der Waals surface area contributed by atoms with Crippen LogP contribution in [0.25, 0.3) is 11.0 Å². The van der Waals surface area contributed by atoms with Gasteiger partial charge in [0.25, 0.3) is 5.91 Å². The monoisotopic (exact) mass is 370 g/mol. The summed E-state index contributed by atoms with van der Waals surface area (Å²) in [6.07, 6.45) is 0. The van der Waals surface area contributed by atoms with E-state index in [9.17, 15) is 9.90 Å². The maximum absolute atomic E-state index is 13.2. The van der Waals surface area contributed by atoms with Crippen LogP contribution in [0, 0.1) is 0 Å². The number of aromatic amines is 1. The summed E-state index contributed by atoms with van der Waals surface area (Å²) in [6.45, 7) is 0.283. The molecular weight excluding hydrogens is 352 g/mol. The number of imidazole rings is 1. The number of amides is 1. The molecule has 1 aromatic heterocycles. The number of nitrogens with zero attached hydrogens (tertiary/aromatic N) is 2. The number of aliphatic hydroxyl groups is 1. The molecule has 5 rings (SSSR count). The molecule has 1 unspecified atom stereocenters. The number of benzene rings is 3. The van der Waals surface area contributed by atoms with E-state index >= 15 is 0 Å². The van der Waals surface area contributed by atoms with Crippen molar-refractivity contribution in [2.75, 3.05) is 5.73 Å². The molecular formula is C22H18N4O2. The lowest BCUT2D eigenvalue weighted by molar-refractivity contribution is -0.0542. The maximum Gasteiger partial charge on any atom is 0.257 e. The molecule has 1 aliphatic heterocycles. The van der Waals surface area contributed by atoms with Gasteiger partial charge in [-0.05, 0) is 23.8 Å².